The van der Waals surface area contributed by atoms with Crippen molar-refractivity contribution in [1.82, 2.24) is 10.3 Å². The molecule has 2 heteroatoms. The molecule has 0 bridgehead atoms. The Morgan fingerprint density at radius 3 is 2.37 bits per heavy atom. The summed E-state index contributed by atoms with van der Waals surface area (Å²) >= 11 is 0. The monoisotopic (exact) mass is 254 g/mol. The summed E-state index contributed by atoms with van der Waals surface area (Å²) < 4.78 is 0. The average molecular weight is 254 g/mol. The zero-order chi connectivity index (χ0) is 13.5. The number of rotatable bonds is 6. The van der Waals surface area contributed by atoms with Crippen LogP contribution in [0.2, 0.25) is 0 Å². The molecular formula is C17H22N2. The summed E-state index contributed by atoms with van der Waals surface area (Å²) in [5, 5.41) is 3.57. The van der Waals surface area contributed by atoms with Crippen LogP contribution in [0.5, 0.6) is 0 Å². The van der Waals surface area contributed by atoms with Crippen LogP contribution in [0, 0.1) is 6.92 Å². The van der Waals surface area contributed by atoms with Crippen molar-refractivity contribution in [2.24, 2.45) is 0 Å². The molecule has 1 unspecified atom stereocenters. The van der Waals surface area contributed by atoms with Crippen LogP contribution in [-0.4, -0.2) is 11.5 Å². The summed E-state index contributed by atoms with van der Waals surface area (Å²) in [5.74, 6) is 0. The Morgan fingerprint density at radius 1 is 1.05 bits per heavy atom. The highest BCUT2D eigenvalue weighted by Gasteiger charge is 2.09. The minimum Gasteiger partial charge on any atom is -0.310 e. The highest BCUT2D eigenvalue weighted by molar-refractivity contribution is 5.24. The van der Waals surface area contributed by atoms with E-state index in [1.807, 2.05) is 12.4 Å². The molecule has 1 atom stereocenters. The molecule has 0 saturated heterocycles. The standard InChI is InChI=1S/C17H22N2/c1-3-19-17(16-7-4-14(2)5-8-16)9-6-15-10-12-18-13-11-15/h4-5,7-8,10-13,17,19H,3,6,9H2,1-2H3. The van der Waals surface area contributed by atoms with E-state index in [1.165, 1.54) is 16.7 Å². The smallest absolute Gasteiger partial charge is 0.0323 e. The van der Waals surface area contributed by atoms with Gasteiger partial charge in [-0.3, -0.25) is 4.98 Å². The summed E-state index contributed by atoms with van der Waals surface area (Å²) in [6, 6.07) is 13.5. The molecule has 1 heterocycles. The molecule has 0 aliphatic rings. The molecule has 1 N–H and O–H groups in total. The number of pyridine rings is 1. The number of aromatic nitrogens is 1. The molecule has 0 saturated carbocycles. The average Bonchev–Trinajstić information content (AvgIpc) is 2.46. The lowest BCUT2D eigenvalue weighted by Gasteiger charge is -2.18. The van der Waals surface area contributed by atoms with Gasteiger partial charge >= 0.3 is 0 Å². The van der Waals surface area contributed by atoms with E-state index >= 15 is 0 Å². The molecule has 100 valence electrons. The summed E-state index contributed by atoms with van der Waals surface area (Å²) in [4.78, 5) is 4.06. The lowest BCUT2D eigenvalue weighted by atomic mass is 9.98. The Bertz CT molecular complexity index is 476. The van der Waals surface area contributed by atoms with Gasteiger partial charge in [-0.2, -0.15) is 0 Å². The number of nitrogens with zero attached hydrogens (tertiary/aromatic N) is 1. The van der Waals surface area contributed by atoms with E-state index in [0.29, 0.717) is 6.04 Å². The van der Waals surface area contributed by atoms with Crippen LogP contribution in [-0.2, 0) is 6.42 Å². The first-order chi connectivity index (χ1) is 9.29. The van der Waals surface area contributed by atoms with Gasteiger partial charge in [0.25, 0.3) is 0 Å². The summed E-state index contributed by atoms with van der Waals surface area (Å²) in [5.41, 5.74) is 4.04. The van der Waals surface area contributed by atoms with Gasteiger partial charge in [0, 0.05) is 18.4 Å². The second kappa shape index (κ2) is 7.05. The van der Waals surface area contributed by atoms with Gasteiger partial charge in [0.15, 0.2) is 0 Å². The Labute approximate surface area is 115 Å². The van der Waals surface area contributed by atoms with Gasteiger partial charge in [0.1, 0.15) is 0 Å². The molecule has 0 fully saturated rings. The molecule has 0 aliphatic carbocycles. The first kappa shape index (κ1) is 13.8. The molecule has 0 amide bonds. The number of nitrogens with one attached hydrogen (secondary N) is 1. The van der Waals surface area contributed by atoms with Crippen LogP contribution >= 0.6 is 0 Å². The Balaban J connectivity index is 2.02. The maximum Gasteiger partial charge on any atom is 0.0323 e. The summed E-state index contributed by atoms with van der Waals surface area (Å²) in [6.07, 6.45) is 5.92. The van der Waals surface area contributed by atoms with Crippen LogP contribution in [0.3, 0.4) is 0 Å². The van der Waals surface area contributed by atoms with E-state index in [-0.39, 0.29) is 0 Å². The van der Waals surface area contributed by atoms with Crippen LogP contribution in [0.4, 0.5) is 0 Å². The molecule has 1 aromatic carbocycles. The molecular weight excluding hydrogens is 232 g/mol. The number of aryl methyl sites for hydroxylation is 2. The lowest BCUT2D eigenvalue weighted by Crippen LogP contribution is -2.21. The molecule has 1 aromatic heterocycles. The van der Waals surface area contributed by atoms with Gasteiger partial charge in [-0.1, -0.05) is 36.8 Å². The van der Waals surface area contributed by atoms with Crippen LogP contribution in [0.15, 0.2) is 48.8 Å². The highest BCUT2D eigenvalue weighted by Crippen LogP contribution is 2.19. The molecule has 19 heavy (non-hydrogen) atoms. The van der Waals surface area contributed by atoms with Crippen molar-refractivity contribution in [3.05, 3.63) is 65.5 Å². The SMILES string of the molecule is CCNC(CCc1ccncc1)c1ccc(C)cc1. The molecule has 2 nitrogen and oxygen atoms in total. The summed E-state index contributed by atoms with van der Waals surface area (Å²) in [6.45, 7) is 5.28. The predicted molar refractivity (Wildman–Crippen MR) is 80.2 cm³/mol. The fourth-order valence-corrected chi connectivity index (χ4v) is 2.29. The first-order valence-corrected chi connectivity index (χ1v) is 6.98. The fraction of sp³-hybridized carbons (Fsp3) is 0.353. The number of hydrogen-bond donors (Lipinski definition) is 1. The van der Waals surface area contributed by atoms with E-state index in [9.17, 15) is 0 Å². The zero-order valence-corrected chi connectivity index (χ0v) is 11.8. The van der Waals surface area contributed by atoms with Crippen molar-refractivity contribution in [3.8, 4) is 0 Å². The second-order valence-corrected chi connectivity index (χ2v) is 4.92. The van der Waals surface area contributed by atoms with Crippen molar-refractivity contribution in [2.45, 2.75) is 32.7 Å². The van der Waals surface area contributed by atoms with Crippen LogP contribution < -0.4 is 5.32 Å². The van der Waals surface area contributed by atoms with Gasteiger partial charge in [-0.05, 0) is 49.6 Å². The van der Waals surface area contributed by atoms with Crippen LogP contribution in [0.25, 0.3) is 0 Å². The van der Waals surface area contributed by atoms with Crippen molar-refractivity contribution >= 4 is 0 Å². The fourth-order valence-electron chi connectivity index (χ4n) is 2.29. The van der Waals surface area contributed by atoms with Crippen molar-refractivity contribution in [1.29, 1.82) is 0 Å². The van der Waals surface area contributed by atoms with Gasteiger partial charge < -0.3 is 5.32 Å². The third-order valence-electron chi connectivity index (χ3n) is 3.40. The second-order valence-electron chi connectivity index (χ2n) is 4.92. The zero-order valence-electron chi connectivity index (χ0n) is 11.8. The summed E-state index contributed by atoms with van der Waals surface area (Å²) in [7, 11) is 0. The Morgan fingerprint density at radius 2 is 1.74 bits per heavy atom. The van der Waals surface area contributed by atoms with E-state index in [4.69, 9.17) is 0 Å². The van der Waals surface area contributed by atoms with Gasteiger partial charge in [0.2, 0.25) is 0 Å². The topological polar surface area (TPSA) is 24.9 Å². The van der Waals surface area contributed by atoms with Gasteiger partial charge in [0.05, 0.1) is 0 Å². The van der Waals surface area contributed by atoms with E-state index < -0.39 is 0 Å². The molecule has 0 spiro atoms. The third kappa shape index (κ3) is 4.18. The van der Waals surface area contributed by atoms with Crippen molar-refractivity contribution in [3.63, 3.8) is 0 Å². The largest absolute Gasteiger partial charge is 0.310 e. The lowest BCUT2D eigenvalue weighted by molar-refractivity contribution is 0.515. The maximum atomic E-state index is 4.06. The third-order valence-corrected chi connectivity index (χ3v) is 3.40. The molecule has 0 radical (unpaired) electrons. The molecule has 2 aromatic rings. The number of benzene rings is 1. The predicted octanol–water partition coefficient (Wildman–Crippen LogP) is 3.67. The van der Waals surface area contributed by atoms with E-state index in [0.717, 1.165) is 19.4 Å². The van der Waals surface area contributed by atoms with Gasteiger partial charge in [-0.15, -0.1) is 0 Å². The Hall–Kier alpha value is -1.67. The van der Waals surface area contributed by atoms with Crippen molar-refractivity contribution in [2.75, 3.05) is 6.54 Å². The number of hydrogen-bond acceptors (Lipinski definition) is 2. The Kier molecular flexibility index (Phi) is 5.10. The minimum atomic E-state index is 0.429. The normalized spacial score (nSPS) is 12.3. The van der Waals surface area contributed by atoms with Gasteiger partial charge in [-0.25, -0.2) is 0 Å². The minimum absolute atomic E-state index is 0.429. The maximum absolute atomic E-state index is 4.06. The van der Waals surface area contributed by atoms with E-state index in [2.05, 4.69) is 60.5 Å². The highest BCUT2D eigenvalue weighted by atomic mass is 14.9. The van der Waals surface area contributed by atoms with Crippen molar-refractivity contribution < 1.29 is 0 Å². The van der Waals surface area contributed by atoms with E-state index in [1.54, 1.807) is 0 Å². The first-order valence-electron chi connectivity index (χ1n) is 6.98. The molecule has 0 aliphatic heterocycles. The van der Waals surface area contributed by atoms with Crippen LogP contribution in [0.1, 0.15) is 36.1 Å². The quantitative estimate of drug-likeness (QED) is 0.850. The molecule has 2 rings (SSSR count).